The Labute approximate surface area is 186 Å². The van der Waals surface area contributed by atoms with E-state index in [2.05, 4.69) is 16.9 Å². The summed E-state index contributed by atoms with van der Waals surface area (Å²) >= 11 is 7.33. The minimum absolute atomic E-state index is 0.0241. The fourth-order valence-electron chi connectivity index (χ4n) is 4.27. The van der Waals surface area contributed by atoms with Gasteiger partial charge in [-0.15, -0.1) is 11.3 Å². The maximum Gasteiger partial charge on any atom is 0.407 e. The summed E-state index contributed by atoms with van der Waals surface area (Å²) in [6, 6.07) is 3.97. The standard InChI is InChI=1S/C21H17ClFN5O2S/c1-11(8-24)16-15-7-21(10-30-20(29)27-21)9-28(15)18(19-25-4-5-31-19)26-17(16)12-2-3-13(22)14(23)6-12/h2-6,8,17,24H,1,7,9-10H2,(H,27,29)/t17-,21+/m1/s1. The molecule has 158 valence electrons. The van der Waals surface area contributed by atoms with Crippen LogP contribution in [0.25, 0.3) is 0 Å². The van der Waals surface area contributed by atoms with Gasteiger partial charge in [0.2, 0.25) is 0 Å². The molecule has 2 N–H and O–H groups in total. The third-order valence-electron chi connectivity index (χ3n) is 5.63. The second-order valence-corrected chi connectivity index (χ2v) is 8.94. The molecular formula is C21H17ClFN5O2S. The van der Waals surface area contributed by atoms with Crippen molar-refractivity contribution >= 4 is 41.1 Å². The van der Waals surface area contributed by atoms with Gasteiger partial charge in [-0.25, -0.2) is 14.2 Å². The molecule has 5 rings (SSSR count). The summed E-state index contributed by atoms with van der Waals surface area (Å²) in [5.41, 5.74) is 2.01. The normalized spacial score (nSPS) is 24.7. The fourth-order valence-corrected chi connectivity index (χ4v) is 5.03. The Bertz CT molecular complexity index is 1180. The van der Waals surface area contributed by atoms with E-state index in [-0.39, 0.29) is 11.6 Å². The number of amidine groups is 1. The Kier molecular flexibility index (Phi) is 4.67. The Hall–Kier alpha value is -3.04. The molecule has 0 unspecified atom stereocenters. The van der Waals surface area contributed by atoms with Crippen molar-refractivity contribution < 1.29 is 13.9 Å². The van der Waals surface area contributed by atoms with E-state index in [1.54, 1.807) is 12.3 Å². The van der Waals surface area contributed by atoms with E-state index >= 15 is 0 Å². The van der Waals surface area contributed by atoms with Crippen molar-refractivity contribution in [2.75, 3.05) is 13.2 Å². The van der Waals surface area contributed by atoms with Crippen molar-refractivity contribution in [3.63, 3.8) is 0 Å². The number of nitrogens with zero attached hydrogens (tertiary/aromatic N) is 3. The van der Waals surface area contributed by atoms with E-state index in [4.69, 9.17) is 26.7 Å². The fraction of sp³-hybridized carbons (Fsp3) is 0.238. The zero-order chi connectivity index (χ0) is 21.8. The number of halogens is 2. The molecule has 3 aliphatic rings. The number of carbonyl (C=O) groups is 1. The van der Waals surface area contributed by atoms with Gasteiger partial charge < -0.3 is 20.4 Å². The Morgan fingerprint density at radius 3 is 3.00 bits per heavy atom. The van der Waals surface area contributed by atoms with Gasteiger partial charge in [0.25, 0.3) is 0 Å². The number of aliphatic imine (C=N–C) groups is 1. The van der Waals surface area contributed by atoms with Crippen LogP contribution in [-0.4, -0.2) is 46.7 Å². The number of alkyl carbamates (subject to hydrolysis) is 1. The van der Waals surface area contributed by atoms with Crippen molar-refractivity contribution in [3.8, 4) is 0 Å². The molecule has 7 nitrogen and oxygen atoms in total. The molecule has 1 amide bonds. The van der Waals surface area contributed by atoms with Crippen LogP contribution in [0.3, 0.4) is 0 Å². The topological polar surface area (TPSA) is 90.7 Å². The van der Waals surface area contributed by atoms with Crippen LogP contribution in [0.15, 0.2) is 58.2 Å². The Morgan fingerprint density at radius 1 is 1.52 bits per heavy atom. The number of rotatable bonds is 4. The number of ether oxygens (including phenoxy) is 1. The molecule has 10 heteroatoms. The minimum atomic E-state index is -0.613. The number of fused-ring (bicyclic) bond motifs is 1. The lowest BCUT2D eigenvalue weighted by Gasteiger charge is -2.32. The molecule has 0 saturated carbocycles. The lowest BCUT2D eigenvalue weighted by molar-refractivity contribution is 0.173. The number of hydrogen-bond donors (Lipinski definition) is 2. The molecule has 0 bridgehead atoms. The first kappa shape index (κ1) is 19.9. The maximum absolute atomic E-state index is 14.3. The average Bonchev–Trinajstić information content (AvgIpc) is 3.49. The molecule has 2 atom stereocenters. The lowest BCUT2D eigenvalue weighted by atomic mass is 9.88. The van der Waals surface area contributed by atoms with Crippen LogP contribution in [0.2, 0.25) is 5.02 Å². The van der Waals surface area contributed by atoms with Gasteiger partial charge in [0.1, 0.15) is 24.0 Å². The third-order valence-corrected chi connectivity index (χ3v) is 6.71. The first-order valence-electron chi connectivity index (χ1n) is 9.49. The summed E-state index contributed by atoms with van der Waals surface area (Å²) in [6.45, 7) is 4.71. The molecule has 1 aromatic heterocycles. The van der Waals surface area contributed by atoms with Gasteiger partial charge >= 0.3 is 6.09 Å². The van der Waals surface area contributed by atoms with E-state index in [1.165, 1.54) is 29.7 Å². The summed E-state index contributed by atoms with van der Waals surface area (Å²) in [7, 11) is 0. The van der Waals surface area contributed by atoms with Crippen LogP contribution in [-0.2, 0) is 4.74 Å². The summed E-state index contributed by atoms with van der Waals surface area (Å²) in [5, 5.41) is 13.3. The van der Waals surface area contributed by atoms with Crippen molar-refractivity contribution in [2.45, 2.75) is 18.0 Å². The average molecular weight is 458 g/mol. The minimum Gasteiger partial charge on any atom is -0.447 e. The second kappa shape index (κ2) is 7.28. The smallest absolute Gasteiger partial charge is 0.407 e. The highest BCUT2D eigenvalue weighted by Gasteiger charge is 2.51. The van der Waals surface area contributed by atoms with Gasteiger partial charge in [-0.05, 0) is 23.3 Å². The molecule has 0 aliphatic carbocycles. The van der Waals surface area contributed by atoms with E-state index in [0.29, 0.717) is 40.5 Å². The third kappa shape index (κ3) is 3.24. The van der Waals surface area contributed by atoms with Crippen LogP contribution in [0.1, 0.15) is 23.0 Å². The van der Waals surface area contributed by atoms with Crippen molar-refractivity contribution in [1.29, 1.82) is 5.41 Å². The maximum atomic E-state index is 14.3. The molecule has 4 heterocycles. The van der Waals surface area contributed by atoms with Gasteiger partial charge in [-0.3, -0.25) is 4.99 Å². The van der Waals surface area contributed by atoms with Crippen molar-refractivity contribution in [3.05, 3.63) is 74.6 Å². The van der Waals surface area contributed by atoms with E-state index in [1.807, 2.05) is 10.3 Å². The molecule has 0 radical (unpaired) electrons. The number of amides is 1. The number of benzene rings is 1. The first-order chi connectivity index (χ1) is 14.9. The predicted molar refractivity (Wildman–Crippen MR) is 116 cm³/mol. The highest BCUT2D eigenvalue weighted by atomic mass is 35.5. The highest BCUT2D eigenvalue weighted by molar-refractivity contribution is 7.11. The molecule has 31 heavy (non-hydrogen) atoms. The monoisotopic (exact) mass is 457 g/mol. The summed E-state index contributed by atoms with van der Waals surface area (Å²) in [5.74, 6) is 0.0849. The number of thiazole rings is 1. The highest BCUT2D eigenvalue weighted by Crippen LogP contribution is 2.46. The molecule has 2 aromatic rings. The van der Waals surface area contributed by atoms with Crippen LogP contribution in [0.5, 0.6) is 0 Å². The predicted octanol–water partition coefficient (Wildman–Crippen LogP) is 4.08. The SMILES string of the molecule is C=C(C=N)C1=C2C[C@@]3(COC(=O)N3)CN2C(c2nccs2)=N[C@@H]1c1ccc(Cl)c(F)c1. The van der Waals surface area contributed by atoms with Gasteiger partial charge in [0.15, 0.2) is 10.8 Å². The van der Waals surface area contributed by atoms with E-state index in [9.17, 15) is 9.18 Å². The number of nitrogens with one attached hydrogen (secondary N) is 2. The van der Waals surface area contributed by atoms with Gasteiger partial charge in [-0.2, -0.15) is 0 Å². The zero-order valence-corrected chi connectivity index (χ0v) is 17.8. The summed E-state index contributed by atoms with van der Waals surface area (Å²) in [6.07, 6.45) is 2.87. The number of carbonyl (C=O) groups excluding carboxylic acids is 1. The van der Waals surface area contributed by atoms with Crippen LogP contribution < -0.4 is 5.32 Å². The van der Waals surface area contributed by atoms with Crippen LogP contribution in [0, 0.1) is 11.2 Å². The number of cyclic esters (lactones) is 1. The summed E-state index contributed by atoms with van der Waals surface area (Å²) in [4.78, 5) is 23.2. The first-order valence-corrected chi connectivity index (χ1v) is 10.7. The Balaban J connectivity index is 1.71. The molecule has 2 saturated heterocycles. The van der Waals surface area contributed by atoms with Crippen molar-refractivity contribution in [1.82, 2.24) is 15.2 Å². The Morgan fingerprint density at radius 2 is 2.35 bits per heavy atom. The van der Waals surface area contributed by atoms with Gasteiger partial charge in [0.05, 0.1) is 11.6 Å². The van der Waals surface area contributed by atoms with Gasteiger partial charge in [0, 0.05) is 35.5 Å². The quantitative estimate of drug-likeness (QED) is 0.677. The largest absolute Gasteiger partial charge is 0.447 e. The second-order valence-electron chi connectivity index (χ2n) is 7.64. The van der Waals surface area contributed by atoms with Gasteiger partial charge in [-0.1, -0.05) is 24.2 Å². The number of hydrogen-bond acceptors (Lipinski definition) is 7. The lowest BCUT2D eigenvalue weighted by Crippen LogP contribution is -2.46. The molecule has 1 aromatic carbocycles. The van der Waals surface area contributed by atoms with E-state index in [0.717, 1.165) is 5.70 Å². The van der Waals surface area contributed by atoms with Crippen molar-refractivity contribution in [2.24, 2.45) is 4.99 Å². The van der Waals surface area contributed by atoms with Crippen LogP contribution in [0.4, 0.5) is 9.18 Å². The number of aromatic nitrogens is 1. The molecule has 2 fully saturated rings. The molecule has 1 spiro atoms. The molecule has 3 aliphatic heterocycles. The molecular weight excluding hydrogens is 441 g/mol. The zero-order valence-electron chi connectivity index (χ0n) is 16.2. The van der Waals surface area contributed by atoms with E-state index < -0.39 is 23.5 Å². The van der Waals surface area contributed by atoms with Crippen LogP contribution >= 0.6 is 22.9 Å². The summed E-state index contributed by atoms with van der Waals surface area (Å²) < 4.78 is 19.5.